The highest BCUT2D eigenvalue weighted by atomic mass is 16.6. The number of rotatable bonds is 4. The van der Waals surface area contributed by atoms with E-state index in [1.807, 2.05) is 18.2 Å². The number of aromatic nitrogens is 1. The van der Waals surface area contributed by atoms with Crippen molar-refractivity contribution in [1.29, 1.82) is 0 Å². The van der Waals surface area contributed by atoms with Gasteiger partial charge < -0.3 is 10.1 Å². The monoisotopic (exact) mass is 340 g/mol. The highest BCUT2D eigenvalue weighted by molar-refractivity contribution is 5.76. The van der Waals surface area contributed by atoms with Crippen molar-refractivity contribution in [3.8, 4) is 0 Å². The molecule has 2 aliphatic carbocycles. The quantitative estimate of drug-likeness (QED) is 0.673. The Balaban J connectivity index is 1.47. The Bertz CT molecular complexity index is 672. The number of nitrogens with one attached hydrogen (secondary N) is 1. The second-order valence-corrected chi connectivity index (χ2v) is 8.29. The van der Waals surface area contributed by atoms with Crippen LogP contribution in [0, 0.1) is 23.2 Å². The Morgan fingerprint density at radius 1 is 1.40 bits per heavy atom. The van der Waals surface area contributed by atoms with Gasteiger partial charge >= 0.3 is 5.97 Å². The van der Waals surface area contributed by atoms with Gasteiger partial charge in [-0.1, -0.05) is 38.0 Å². The number of esters is 1. The topological polar surface area (TPSA) is 51.2 Å². The molecule has 4 rings (SSSR count). The molecule has 0 bridgehead atoms. The summed E-state index contributed by atoms with van der Waals surface area (Å²) in [6.45, 7) is 6.05. The Morgan fingerprint density at radius 3 is 3.08 bits per heavy atom. The van der Waals surface area contributed by atoms with Gasteiger partial charge in [-0.2, -0.15) is 0 Å². The average Bonchev–Trinajstić information content (AvgIpc) is 2.88. The van der Waals surface area contributed by atoms with Crippen LogP contribution in [0.4, 0.5) is 0 Å². The molecule has 1 saturated carbocycles. The molecule has 134 valence electrons. The van der Waals surface area contributed by atoms with Gasteiger partial charge in [-0.25, -0.2) is 0 Å². The number of fused-ring (bicyclic) bond motifs is 2. The highest BCUT2D eigenvalue weighted by Gasteiger charge is 2.51. The van der Waals surface area contributed by atoms with Crippen LogP contribution in [-0.2, 0) is 16.1 Å². The van der Waals surface area contributed by atoms with E-state index in [1.165, 1.54) is 19.3 Å². The Hall–Kier alpha value is -1.68. The number of hydrogen-bond donors (Lipinski definition) is 1. The molecule has 25 heavy (non-hydrogen) atoms. The van der Waals surface area contributed by atoms with Crippen molar-refractivity contribution in [3.05, 3.63) is 41.7 Å². The lowest BCUT2D eigenvalue weighted by atomic mass is 9.59. The minimum absolute atomic E-state index is 0.0322. The molecule has 0 unspecified atom stereocenters. The van der Waals surface area contributed by atoms with E-state index >= 15 is 0 Å². The molecule has 0 spiro atoms. The first-order chi connectivity index (χ1) is 12.1. The second kappa shape index (κ2) is 6.56. The first-order valence-corrected chi connectivity index (χ1v) is 9.60. The molecular weight excluding hydrogens is 312 g/mol. The maximum atomic E-state index is 12.5. The number of ether oxygens (including phenoxy) is 1. The highest BCUT2D eigenvalue weighted by Crippen LogP contribution is 2.53. The summed E-state index contributed by atoms with van der Waals surface area (Å²) < 4.78 is 5.79. The summed E-state index contributed by atoms with van der Waals surface area (Å²) in [6.07, 6.45) is 9.06. The zero-order valence-corrected chi connectivity index (χ0v) is 15.2. The van der Waals surface area contributed by atoms with Crippen LogP contribution in [0.2, 0.25) is 0 Å². The summed E-state index contributed by atoms with van der Waals surface area (Å²) >= 11 is 0. The van der Waals surface area contributed by atoms with Crippen molar-refractivity contribution in [1.82, 2.24) is 10.3 Å². The molecule has 1 N–H and O–H groups in total. The van der Waals surface area contributed by atoms with Crippen LogP contribution in [0.5, 0.6) is 0 Å². The predicted molar refractivity (Wildman–Crippen MR) is 96.6 cm³/mol. The summed E-state index contributed by atoms with van der Waals surface area (Å²) in [5.74, 6) is 0.764. The summed E-state index contributed by atoms with van der Waals surface area (Å²) in [5.41, 5.74) is 2.81. The summed E-state index contributed by atoms with van der Waals surface area (Å²) in [4.78, 5) is 16.8. The lowest BCUT2D eigenvalue weighted by Crippen LogP contribution is -2.40. The molecule has 5 atom stereocenters. The van der Waals surface area contributed by atoms with E-state index in [4.69, 9.17) is 4.74 Å². The zero-order chi connectivity index (χ0) is 17.4. The number of carbonyl (C=O) groups is 1. The molecule has 0 aromatic carbocycles. The Kier molecular flexibility index (Phi) is 4.40. The van der Waals surface area contributed by atoms with Crippen LogP contribution in [0.15, 0.2) is 36.0 Å². The van der Waals surface area contributed by atoms with E-state index in [9.17, 15) is 4.79 Å². The third kappa shape index (κ3) is 3.12. The van der Waals surface area contributed by atoms with Crippen LogP contribution < -0.4 is 5.32 Å². The SMILES string of the molecule is C[C@@H]1CCC[C@]2(C)C[C@H]3OC(=O)[C@@H](CNCc4ccccn4)[C@H]3C=C12. The lowest BCUT2D eigenvalue weighted by Gasteiger charge is -2.46. The summed E-state index contributed by atoms with van der Waals surface area (Å²) in [6, 6.07) is 5.90. The fourth-order valence-corrected chi connectivity index (χ4v) is 5.14. The van der Waals surface area contributed by atoms with Crippen molar-refractivity contribution in [2.75, 3.05) is 6.54 Å². The van der Waals surface area contributed by atoms with Gasteiger partial charge in [-0.3, -0.25) is 9.78 Å². The maximum absolute atomic E-state index is 12.5. The smallest absolute Gasteiger partial charge is 0.311 e. The van der Waals surface area contributed by atoms with E-state index in [0.717, 1.165) is 12.1 Å². The maximum Gasteiger partial charge on any atom is 0.311 e. The zero-order valence-electron chi connectivity index (χ0n) is 15.2. The fraction of sp³-hybridized carbons (Fsp3) is 0.619. The van der Waals surface area contributed by atoms with Crippen molar-refractivity contribution in [3.63, 3.8) is 0 Å². The largest absolute Gasteiger partial charge is 0.461 e. The fourth-order valence-electron chi connectivity index (χ4n) is 5.14. The van der Waals surface area contributed by atoms with Crippen molar-refractivity contribution < 1.29 is 9.53 Å². The van der Waals surface area contributed by atoms with Crippen molar-refractivity contribution in [2.24, 2.45) is 23.2 Å². The molecule has 3 aliphatic rings. The van der Waals surface area contributed by atoms with E-state index < -0.39 is 0 Å². The third-order valence-electron chi connectivity index (χ3n) is 6.48. The predicted octanol–water partition coefficient (Wildman–Crippen LogP) is 3.49. The second-order valence-electron chi connectivity index (χ2n) is 8.29. The molecule has 4 nitrogen and oxygen atoms in total. The van der Waals surface area contributed by atoms with Crippen LogP contribution in [0.1, 0.15) is 45.2 Å². The minimum atomic E-state index is -0.0695. The van der Waals surface area contributed by atoms with Crippen LogP contribution >= 0.6 is 0 Å². The first kappa shape index (κ1) is 16.8. The number of hydrogen-bond acceptors (Lipinski definition) is 4. The summed E-state index contributed by atoms with van der Waals surface area (Å²) in [7, 11) is 0. The third-order valence-corrected chi connectivity index (χ3v) is 6.48. The molecule has 4 heteroatoms. The molecule has 2 heterocycles. The standard InChI is InChI=1S/C21H28N2O2/c1-14-6-5-8-21(2)11-19-16(10-18(14)21)17(20(24)25-19)13-22-12-15-7-3-4-9-23-15/h3-4,7,9-10,14,16-17,19,22H,5-6,8,11-13H2,1-2H3/t14-,16-,17+,19-,21-/m1/s1. The lowest BCUT2D eigenvalue weighted by molar-refractivity contribution is -0.145. The van der Waals surface area contributed by atoms with Gasteiger partial charge in [-0.05, 0) is 42.7 Å². The van der Waals surface area contributed by atoms with Crippen molar-refractivity contribution >= 4 is 5.97 Å². The molecule has 0 radical (unpaired) electrons. The molecule has 1 saturated heterocycles. The number of nitrogens with zero attached hydrogens (tertiary/aromatic N) is 1. The molecule has 0 amide bonds. The van der Waals surface area contributed by atoms with Gasteiger partial charge in [0, 0.05) is 25.2 Å². The average molecular weight is 340 g/mol. The van der Waals surface area contributed by atoms with Crippen molar-refractivity contribution in [2.45, 2.75) is 52.2 Å². The van der Waals surface area contributed by atoms with Crippen LogP contribution in [-0.4, -0.2) is 23.6 Å². The van der Waals surface area contributed by atoms with E-state index in [-0.39, 0.29) is 29.3 Å². The van der Waals surface area contributed by atoms with Crippen LogP contribution in [0.3, 0.4) is 0 Å². The Labute approximate surface area is 150 Å². The molecule has 1 aromatic heterocycles. The van der Waals surface area contributed by atoms with Gasteiger partial charge in [0.05, 0.1) is 11.6 Å². The normalized spacial score (nSPS) is 37.0. The van der Waals surface area contributed by atoms with Gasteiger partial charge in [0.15, 0.2) is 0 Å². The number of allylic oxidation sites excluding steroid dienone is 1. The van der Waals surface area contributed by atoms with E-state index in [0.29, 0.717) is 19.0 Å². The van der Waals surface area contributed by atoms with Gasteiger partial charge in [-0.15, -0.1) is 0 Å². The van der Waals surface area contributed by atoms with E-state index in [1.54, 1.807) is 11.8 Å². The number of carbonyl (C=O) groups excluding carboxylic acids is 1. The molecule has 1 aromatic rings. The molecular formula is C21H28N2O2. The number of pyridine rings is 1. The molecule has 2 fully saturated rings. The minimum Gasteiger partial charge on any atom is -0.461 e. The molecule has 1 aliphatic heterocycles. The first-order valence-electron chi connectivity index (χ1n) is 9.60. The van der Waals surface area contributed by atoms with E-state index in [2.05, 4.69) is 30.2 Å². The van der Waals surface area contributed by atoms with Gasteiger partial charge in [0.1, 0.15) is 6.10 Å². The Morgan fingerprint density at radius 2 is 2.28 bits per heavy atom. The summed E-state index contributed by atoms with van der Waals surface area (Å²) in [5, 5.41) is 3.41. The van der Waals surface area contributed by atoms with Crippen LogP contribution in [0.25, 0.3) is 0 Å². The van der Waals surface area contributed by atoms with Gasteiger partial charge in [0.25, 0.3) is 0 Å². The van der Waals surface area contributed by atoms with Gasteiger partial charge in [0.2, 0.25) is 0 Å².